The van der Waals surface area contributed by atoms with Gasteiger partial charge in [-0.3, -0.25) is 9.69 Å². The molecule has 4 rings (SSSR count). The molecule has 4 nitrogen and oxygen atoms in total. The summed E-state index contributed by atoms with van der Waals surface area (Å²) >= 11 is 1.38. The van der Waals surface area contributed by atoms with E-state index in [2.05, 4.69) is 6.07 Å². The van der Waals surface area contributed by atoms with E-state index in [4.69, 9.17) is 4.98 Å². The Bertz CT molecular complexity index is 1070. The first kappa shape index (κ1) is 22.1. The van der Waals surface area contributed by atoms with E-state index in [0.717, 1.165) is 42.8 Å². The van der Waals surface area contributed by atoms with Gasteiger partial charge in [0.15, 0.2) is 0 Å². The number of nitriles is 1. The Morgan fingerprint density at radius 3 is 2.16 bits per heavy atom. The molecule has 0 spiro atoms. The van der Waals surface area contributed by atoms with Crippen molar-refractivity contribution in [3.8, 4) is 6.07 Å². The smallest absolute Gasteiger partial charge is 0.244 e. The Labute approximate surface area is 194 Å². The number of benzene rings is 2. The molecule has 0 saturated carbocycles. The third kappa shape index (κ3) is 5.03. The Morgan fingerprint density at radius 1 is 0.969 bits per heavy atom. The van der Waals surface area contributed by atoms with Gasteiger partial charge in [0.25, 0.3) is 0 Å². The van der Waals surface area contributed by atoms with Crippen molar-refractivity contribution in [2.45, 2.75) is 55.7 Å². The van der Waals surface area contributed by atoms with E-state index in [9.17, 15) is 10.1 Å². The van der Waals surface area contributed by atoms with Crippen LogP contribution in [0.5, 0.6) is 0 Å². The van der Waals surface area contributed by atoms with Crippen molar-refractivity contribution in [3.05, 3.63) is 83.6 Å². The van der Waals surface area contributed by atoms with E-state index in [1.54, 1.807) is 4.90 Å². The maximum atomic E-state index is 13.6. The second-order valence-electron chi connectivity index (χ2n) is 8.08. The highest BCUT2D eigenvalue weighted by Gasteiger charge is 2.26. The van der Waals surface area contributed by atoms with Crippen LogP contribution in [-0.4, -0.2) is 16.1 Å². The first-order valence-electron chi connectivity index (χ1n) is 11.2. The van der Waals surface area contributed by atoms with Crippen molar-refractivity contribution in [2.75, 3.05) is 4.90 Å². The summed E-state index contributed by atoms with van der Waals surface area (Å²) in [6, 6.07) is 23.7. The van der Waals surface area contributed by atoms with E-state index in [0.29, 0.717) is 10.6 Å². The maximum absolute atomic E-state index is 13.6. The van der Waals surface area contributed by atoms with Gasteiger partial charge >= 0.3 is 0 Å². The minimum Gasteiger partial charge on any atom is -0.280 e. The quantitative estimate of drug-likeness (QED) is 0.427. The second-order valence-corrected chi connectivity index (χ2v) is 9.41. The number of para-hydroxylation sites is 2. The molecule has 3 aromatic rings. The van der Waals surface area contributed by atoms with Crippen LogP contribution in [0, 0.1) is 11.3 Å². The summed E-state index contributed by atoms with van der Waals surface area (Å²) in [5.74, 6) is -0.0372. The number of hydrogen-bond donors (Lipinski definition) is 0. The van der Waals surface area contributed by atoms with Crippen LogP contribution in [0.4, 0.5) is 11.4 Å². The molecule has 5 heteroatoms. The van der Waals surface area contributed by atoms with Crippen LogP contribution in [0.3, 0.4) is 0 Å². The Balaban J connectivity index is 1.63. The lowest BCUT2D eigenvalue weighted by molar-refractivity contribution is -0.117. The summed E-state index contributed by atoms with van der Waals surface area (Å²) in [6.07, 6.45) is 6.65. The topological polar surface area (TPSA) is 57.0 Å². The van der Waals surface area contributed by atoms with Crippen molar-refractivity contribution < 1.29 is 4.79 Å². The van der Waals surface area contributed by atoms with Gasteiger partial charge in [0, 0.05) is 17.1 Å². The number of carbonyl (C=O) groups excluding carboxylic acids is 1. The number of fused-ring (bicyclic) bond motifs is 1. The molecular formula is C27H27N3OS. The number of anilines is 2. The van der Waals surface area contributed by atoms with Crippen LogP contribution in [0.25, 0.3) is 0 Å². The molecule has 0 N–H and O–H groups in total. The van der Waals surface area contributed by atoms with Crippen LogP contribution in [0.2, 0.25) is 0 Å². The Morgan fingerprint density at radius 2 is 1.56 bits per heavy atom. The van der Waals surface area contributed by atoms with Crippen LogP contribution in [0.1, 0.15) is 49.4 Å². The van der Waals surface area contributed by atoms with Crippen molar-refractivity contribution in [1.29, 1.82) is 5.26 Å². The van der Waals surface area contributed by atoms with Gasteiger partial charge in [0.1, 0.15) is 11.1 Å². The fraction of sp³-hybridized carbons (Fsp3) is 0.296. The average Bonchev–Trinajstić information content (AvgIpc) is 2.81. The standard InChI is InChI=1S/C27H27N3OS/c1-20(27(31)30(23-13-7-4-8-14-23)24-15-9-5-10-16-24)32-26-22(19-28)18-21-12-6-2-3-11-17-25(21)29-26/h4-5,7-10,13-16,18,20H,2-3,6,11-12,17H2,1H3. The highest BCUT2D eigenvalue weighted by Crippen LogP contribution is 2.33. The number of aromatic nitrogens is 1. The van der Waals surface area contributed by atoms with Gasteiger partial charge in [-0.2, -0.15) is 5.26 Å². The molecule has 1 heterocycles. The predicted molar refractivity (Wildman–Crippen MR) is 130 cm³/mol. The Kier molecular flexibility index (Phi) is 7.24. The minimum absolute atomic E-state index is 0.0372. The number of nitrogens with zero attached hydrogens (tertiary/aromatic N) is 3. The molecule has 1 unspecified atom stereocenters. The van der Waals surface area contributed by atoms with E-state index >= 15 is 0 Å². The highest BCUT2D eigenvalue weighted by molar-refractivity contribution is 8.00. The number of hydrogen-bond acceptors (Lipinski definition) is 4. The minimum atomic E-state index is -0.401. The molecule has 1 atom stereocenters. The lowest BCUT2D eigenvalue weighted by Crippen LogP contribution is -2.32. The van der Waals surface area contributed by atoms with Gasteiger partial charge in [-0.1, -0.05) is 61.0 Å². The first-order valence-corrected chi connectivity index (χ1v) is 12.1. The molecule has 0 saturated heterocycles. The Hall–Kier alpha value is -3.10. The van der Waals surface area contributed by atoms with Crippen molar-refractivity contribution >= 4 is 29.0 Å². The number of pyridine rings is 1. The number of thioether (sulfide) groups is 1. The molecule has 1 aliphatic rings. The van der Waals surface area contributed by atoms with E-state index in [1.807, 2.05) is 73.7 Å². The SMILES string of the molecule is CC(Sc1nc2c(cc1C#N)CCCCCC2)C(=O)N(c1ccccc1)c1ccccc1. The van der Waals surface area contributed by atoms with Gasteiger partial charge in [-0.15, -0.1) is 0 Å². The van der Waals surface area contributed by atoms with Crippen molar-refractivity contribution in [2.24, 2.45) is 0 Å². The molecule has 1 amide bonds. The lowest BCUT2D eigenvalue weighted by Gasteiger charge is -2.26. The zero-order chi connectivity index (χ0) is 22.3. The number of carbonyl (C=O) groups is 1. The summed E-state index contributed by atoms with van der Waals surface area (Å²) in [6.45, 7) is 1.89. The van der Waals surface area contributed by atoms with Gasteiger partial charge in [-0.05, 0) is 68.5 Å². The molecule has 1 aromatic heterocycles. The van der Waals surface area contributed by atoms with E-state index < -0.39 is 5.25 Å². The number of rotatable bonds is 5. The molecule has 0 fully saturated rings. The van der Waals surface area contributed by atoms with Gasteiger partial charge in [-0.25, -0.2) is 4.98 Å². The maximum Gasteiger partial charge on any atom is 0.244 e. The number of aryl methyl sites for hydroxylation is 2. The second kappa shape index (κ2) is 10.5. The van der Waals surface area contributed by atoms with Crippen LogP contribution in [0.15, 0.2) is 71.8 Å². The fourth-order valence-corrected chi connectivity index (χ4v) is 5.03. The summed E-state index contributed by atoms with van der Waals surface area (Å²) in [4.78, 5) is 20.3. The highest BCUT2D eigenvalue weighted by atomic mass is 32.2. The van der Waals surface area contributed by atoms with E-state index in [1.165, 1.54) is 30.2 Å². The molecule has 162 valence electrons. The zero-order valence-electron chi connectivity index (χ0n) is 18.3. The van der Waals surface area contributed by atoms with Crippen molar-refractivity contribution in [1.82, 2.24) is 4.98 Å². The monoisotopic (exact) mass is 441 g/mol. The lowest BCUT2D eigenvalue weighted by atomic mass is 9.96. The molecule has 32 heavy (non-hydrogen) atoms. The number of amides is 1. The van der Waals surface area contributed by atoms with Crippen LogP contribution in [-0.2, 0) is 17.6 Å². The molecule has 0 radical (unpaired) electrons. The summed E-state index contributed by atoms with van der Waals surface area (Å²) in [5.41, 5.74) is 4.50. The fourth-order valence-electron chi connectivity index (χ4n) is 4.10. The predicted octanol–water partition coefficient (Wildman–Crippen LogP) is 6.46. The summed E-state index contributed by atoms with van der Waals surface area (Å²) in [7, 11) is 0. The average molecular weight is 442 g/mol. The third-order valence-corrected chi connectivity index (χ3v) is 6.86. The molecule has 0 bridgehead atoms. The normalized spacial score (nSPS) is 14.4. The third-order valence-electron chi connectivity index (χ3n) is 5.77. The summed E-state index contributed by atoms with van der Waals surface area (Å²) < 4.78 is 0. The largest absolute Gasteiger partial charge is 0.280 e. The molecule has 2 aromatic carbocycles. The summed E-state index contributed by atoms with van der Waals surface area (Å²) in [5, 5.41) is 10.0. The molecule has 1 aliphatic carbocycles. The van der Waals surface area contributed by atoms with E-state index in [-0.39, 0.29) is 5.91 Å². The van der Waals surface area contributed by atoms with Gasteiger partial charge < -0.3 is 0 Å². The van der Waals surface area contributed by atoms with Crippen molar-refractivity contribution in [3.63, 3.8) is 0 Å². The van der Waals surface area contributed by atoms with Gasteiger partial charge in [0.05, 0.1) is 10.8 Å². The first-order chi connectivity index (χ1) is 15.7. The van der Waals surface area contributed by atoms with Crippen LogP contribution >= 0.6 is 11.8 Å². The zero-order valence-corrected chi connectivity index (χ0v) is 19.1. The molecular weight excluding hydrogens is 414 g/mol. The van der Waals surface area contributed by atoms with Crippen LogP contribution < -0.4 is 4.90 Å². The van der Waals surface area contributed by atoms with Gasteiger partial charge in [0.2, 0.25) is 5.91 Å². The molecule has 0 aliphatic heterocycles.